The minimum Gasteiger partial charge on any atom is -0.255 e. The van der Waals surface area contributed by atoms with E-state index in [2.05, 4.69) is 20.0 Å². The molecule has 5 heteroatoms. The van der Waals surface area contributed by atoms with Gasteiger partial charge in [-0.3, -0.25) is 9.98 Å². The van der Waals surface area contributed by atoms with Crippen LogP contribution in [-0.4, -0.2) is 11.2 Å². The smallest absolute Gasteiger partial charge is 0.0812 e. The molecule has 0 bridgehead atoms. The molecule has 0 radical (unpaired) electrons. The third kappa shape index (κ3) is 3.43. The van der Waals surface area contributed by atoms with Crippen molar-refractivity contribution in [3.05, 3.63) is 70.4 Å². The molecule has 0 aliphatic carbocycles. The number of aromatic nitrogens is 1. The molecule has 0 unspecified atom stereocenters. The van der Waals surface area contributed by atoms with Crippen LogP contribution in [0.3, 0.4) is 0 Å². The van der Waals surface area contributed by atoms with Gasteiger partial charge >= 0.3 is 0 Å². The van der Waals surface area contributed by atoms with E-state index >= 15 is 0 Å². The number of rotatable bonds is 4. The Bertz CT molecular complexity index is 568. The molecule has 18 heavy (non-hydrogen) atoms. The number of hydrogen-bond donors (Lipinski definition) is 0. The Hall–Kier alpha value is -2.65. The SMILES string of the molecule is [N-]=[N+]=NCc1ccc(/N=C/c2ccccn2)cc1. The van der Waals surface area contributed by atoms with Gasteiger partial charge in [-0.05, 0) is 35.4 Å². The van der Waals surface area contributed by atoms with E-state index in [4.69, 9.17) is 5.53 Å². The molecule has 0 fully saturated rings. The van der Waals surface area contributed by atoms with Crippen molar-refractivity contribution in [1.29, 1.82) is 0 Å². The monoisotopic (exact) mass is 237 g/mol. The molecule has 0 aliphatic heterocycles. The van der Waals surface area contributed by atoms with E-state index in [0.717, 1.165) is 16.9 Å². The predicted octanol–water partition coefficient (Wildman–Crippen LogP) is 3.64. The Morgan fingerprint density at radius 2 is 2.00 bits per heavy atom. The molecule has 2 aromatic rings. The molecule has 5 nitrogen and oxygen atoms in total. The van der Waals surface area contributed by atoms with E-state index in [-0.39, 0.29) is 0 Å². The molecule has 0 aliphatic rings. The molecule has 0 atom stereocenters. The standard InChI is InChI=1S/C13H11N5/c14-18-17-9-11-4-6-12(7-5-11)16-10-13-3-1-2-8-15-13/h1-8,10H,9H2/b16-10+. The van der Waals surface area contributed by atoms with Gasteiger partial charge in [0, 0.05) is 11.1 Å². The van der Waals surface area contributed by atoms with Crippen LogP contribution in [0.4, 0.5) is 5.69 Å². The first-order valence-corrected chi connectivity index (χ1v) is 5.43. The van der Waals surface area contributed by atoms with E-state index in [1.54, 1.807) is 12.4 Å². The van der Waals surface area contributed by atoms with Crippen molar-refractivity contribution < 1.29 is 0 Å². The first-order chi connectivity index (χ1) is 8.88. The second-order valence-corrected chi connectivity index (χ2v) is 3.57. The summed E-state index contributed by atoms with van der Waals surface area (Å²) in [5, 5.41) is 3.50. The van der Waals surface area contributed by atoms with Crippen molar-refractivity contribution in [1.82, 2.24) is 4.98 Å². The van der Waals surface area contributed by atoms with Gasteiger partial charge in [-0.25, -0.2) is 0 Å². The van der Waals surface area contributed by atoms with Crippen molar-refractivity contribution in [3.8, 4) is 0 Å². The normalized spacial score (nSPS) is 10.2. The lowest BCUT2D eigenvalue weighted by Gasteiger charge is -1.97. The Labute approximate surface area is 104 Å². The third-order valence-electron chi connectivity index (χ3n) is 2.29. The predicted molar refractivity (Wildman–Crippen MR) is 70.8 cm³/mol. The molecule has 1 aromatic carbocycles. The fourth-order valence-electron chi connectivity index (χ4n) is 1.39. The van der Waals surface area contributed by atoms with Gasteiger partial charge < -0.3 is 0 Å². The van der Waals surface area contributed by atoms with Crippen LogP contribution in [-0.2, 0) is 6.54 Å². The van der Waals surface area contributed by atoms with Gasteiger partial charge in [0.2, 0.25) is 0 Å². The Balaban J connectivity index is 2.06. The first kappa shape index (κ1) is 11.8. The van der Waals surface area contributed by atoms with Gasteiger partial charge in [0.1, 0.15) is 0 Å². The highest BCUT2D eigenvalue weighted by Crippen LogP contribution is 2.13. The molecule has 0 spiro atoms. The topological polar surface area (TPSA) is 74.0 Å². The third-order valence-corrected chi connectivity index (χ3v) is 2.29. The van der Waals surface area contributed by atoms with Crippen molar-refractivity contribution >= 4 is 11.9 Å². The van der Waals surface area contributed by atoms with Gasteiger partial charge in [0.05, 0.1) is 24.1 Å². The van der Waals surface area contributed by atoms with Crippen LogP contribution in [0.25, 0.3) is 10.4 Å². The molecular weight excluding hydrogens is 226 g/mol. The Kier molecular flexibility index (Phi) is 4.06. The summed E-state index contributed by atoms with van der Waals surface area (Å²) in [4.78, 5) is 11.2. The zero-order valence-corrected chi connectivity index (χ0v) is 9.64. The minimum atomic E-state index is 0.362. The molecule has 2 rings (SSSR count). The summed E-state index contributed by atoms with van der Waals surface area (Å²) in [6.07, 6.45) is 3.44. The maximum atomic E-state index is 8.22. The van der Waals surface area contributed by atoms with E-state index in [1.807, 2.05) is 42.5 Å². The number of nitrogens with zero attached hydrogens (tertiary/aromatic N) is 5. The Morgan fingerprint density at radius 3 is 2.67 bits per heavy atom. The zero-order chi connectivity index (χ0) is 12.6. The van der Waals surface area contributed by atoms with E-state index in [1.165, 1.54) is 0 Å². The van der Waals surface area contributed by atoms with Gasteiger partial charge in [-0.1, -0.05) is 23.3 Å². The van der Waals surface area contributed by atoms with Gasteiger partial charge in [-0.15, -0.1) is 0 Å². The van der Waals surface area contributed by atoms with Crippen LogP contribution in [0.5, 0.6) is 0 Å². The fraction of sp³-hybridized carbons (Fsp3) is 0.0769. The molecule has 0 N–H and O–H groups in total. The van der Waals surface area contributed by atoms with Gasteiger partial charge in [0.15, 0.2) is 0 Å². The molecular formula is C13H11N5. The number of hydrogen-bond acceptors (Lipinski definition) is 3. The van der Waals surface area contributed by atoms with Crippen molar-refractivity contribution in [2.24, 2.45) is 10.1 Å². The number of benzene rings is 1. The molecule has 0 saturated heterocycles. The molecule has 1 aromatic heterocycles. The van der Waals surface area contributed by atoms with Gasteiger partial charge in [0.25, 0.3) is 0 Å². The number of azide groups is 1. The zero-order valence-electron chi connectivity index (χ0n) is 9.64. The quantitative estimate of drug-likeness (QED) is 0.346. The van der Waals surface area contributed by atoms with Crippen LogP contribution in [0.1, 0.15) is 11.3 Å². The fourth-order valence-corrected chi connectivity index (χ4v) is 1.39. The molecule has 88 valence electrons. The summed E-state index contributed by atoms with van der Waals surface area (Å²) in [6, 6.07) is 13.2. The van der Waals surface area contributed by atoms with Crippen molar-refractivity contribution in [3.63, 3.8) is 0 Å². The van der Waals surface area contributed by atoms with E-state index < -0.39 is 0 Å². The number of pyridine rings is 1. The summed E-state index contributed by atoms with van der Waals surface area (Å²) in [5.41, 5.74) is 10.8. The second-order valence-electron chi connectivity index (χ2n) is 3.57. The first-order valence-electron chi connectivity index (χ1n) is 5.43. The van der Waals surface area contributed by atoms with Crippen LogP contribution < -0.4 is 0 Å². The Morgan fingerprint density at radius 1 is 1.17 bits per heavy atom. The summed E-state index contributed by atoms with van der Waals surface area (Å²) in [5.74, 6) is 0. The molecule has 1 heterocycles. The van der Waals surface area contributed by atoms with E-state index in [0.29, 0.717) is 6.54 Å². The second kappa shape index (κ2) is 6.18. The maximum Gasteiger partial charge on any atom is 0.0812 e. The summed E-state index contributed by atoms with van der Waals surface area (Å²) < 4.78 is 0. The van der Waals surface area contributed by atoms with Crippen LogP contribution in [0, 0.1) is 0 Å². The van der Waals surface area contributed by atoms with Crippen LogP contribution in [0.15, 0.2) is 58.8 Å². The lowest BCUT2D eigenvalue weighted by molar-refractivity contribution is 1.05. The van der Waals surface area contributed by atoms with Crippen LogP contribution in [0.2, 0.25) is 0 Å². The maximum absolute atomic E-state index is 8.22. The highest BCUT2D eigenvalue weighted by molar-refractivity contribution is 5.79. The molecule has 0 saturated carbocycles. The largest absolute Gasteiger partial charge is 0.255 e. The van der Waals surface area contributed by atoms with Gasteiger partial charge in [-0.2, -0.15) is 0 Å². The highest BCUT2D eigenvalue weighted by Gasteiger charge is 1.92. The lowest BCUT2D eigenvalue weighted by atomic mass is 10.2. The van der Waals surface area contributed by atoms with Crippen molar-refractivity contribution in [2.75, 3.05) is 0 Å². The average molecular weight is 237 g/mol. The lowest BCUT2D eigenvalue weighted by Crippen LogP contribution is -1.84. The molecule has 0 amide bonds. The minimum absolute atomic E-state index is 0.362. The summed E-state index contributed by atoms with van der Waals surface area (Å²) >= 11 is 0. The average Bonchev–Trinajstić information content (AvgIpc) is 2.45. The highest BCUT2D eigenvalue weighted by atomic mass is 15.1. The summed E-state index contributed by atoms with van der Waals surface area (Å²) in [7, 11) is 0. The van der Waals surface area contributed by atoms with Crippen LogP contribution >= 0.6 is 0 Å². The van der Waals surface area contributed by atoms with E-state index in [9.17, 15) is 0 Å². The van der Waals surface area contributed by atoms with Crippen molar-refractivity contribution in [2.45, 2.75) is 6.54 Å². The summed E-state index contributed by atoms with van der Waals surface area (Å²) in [6.45, 7) is 0.362. The number of aliphatic imine (C=N–C) groups is 1.